The number of aromatic nitrogens is 2. The van der Waals surface area contributed by atoms with Gasteiger partial charge in [0.25, 0.3) is 5.91 Å². The first-order valence-corrected chi connectivity index (χ1v) is 9.08. The number of fused-ring (bicyclic) bond motifs is 1. The molecule has 6 nitrogen and oxygen atoms in total. The van der Waals surface area contributed by atoms with Gasteiger partial charge in [0.2, 0.25) is 6.10 Å². The largest absolute Gasteiger partial charge is 0.382 e. The molecule has 2 unspecified atom stereocenters. The van der Waals surface area contributed by atoms with Crippen LogP contribution < -0.4 is 0 Å². The van der Waals surface area contributed by atoms with Crippen molar-refractivity contribution in [3.8, 4) is 0 Å². The number of rotatable bonds is 5. The molecule has 3 rings (SSSR count). The van der Waals surface area contributed by atoms with Crippen LogP contribution >= 0.6 is 0 Å². The van der Waals surface area contributed by atoms with Crippen LogP contribution in [0.2, 0.25) is 0 Å². The summed E-state index contributed by atoms with van der Waals surface area (Å²) >= 11 is 0. The minimum Gasteiger partial charge on any atom is -0.382 e. The van der Waals surface area contributed by atoms with Crippen molar-refractivity contribution >= 4 is 11.6 Å². The van der Waals surface area contributed by atoms with Crippen molar-refractivity contribution < 1.29 is 9.63 Å². The quantitative estimate of drug-likeness (QED) is 0.901. The molecule has 1 aromatic rings. The van der Waals surface area contributed by atoms with Crippen LogP contribution in [0.4, 0.5) is 0 Å². The van der Waals surface area contributed by atoms with E-state index in [-0.39, 0.29) is 5.91 Å². The third-order valence-corrected chi connectivity index (χ3v) is 5.10. The van der Waals surface area contributed by atoms with Gasteiger partial charge in [-0.2, -0.15) is 5.10 Å². The van der Waals surface area contributed by atoms with Crippen LogP contribution in [-0.2, 0) is 22.6 Å². The lowest BCUT2D eigenvalue weighted by Crippen LogP contribution is -2.42. The van der Waals surface area contributed by atoms with E-state index >= 15 is 0 Å². The van der Waals surface area contributed by atoms with Crippen LogP contribution in [0.15, 0.2) is 5.16 Å². The Morgan fingerprint density at radius 1 is 1.42 bits per heavy atom. The number of hydrogen-bond acceptors (Lipinski definition) is 4. The molecule has 0 fully saturated rings. The topological polar surface area (TPSA) is 70.6 Å². The molecule has 2 aliphatic rings. The molecule has 1 amide bonds. The average Bonchev–Trinajstić information content (AvgIpc) is 3.21. The zero-order chi connectivity index (χ0) is 17.3. The summed E-state index contributed by atoms with van der Waals surface area (Å²) in [5, 5.41) is 11.8. The van der Waals surface area contributed by atoms with Crippen LogP contribution in [0.3, 0.4) is 0 Å². The smallest absolute Gasteiger partial charge is 0.267 e. The van der Waals surface area contributed by atoms with Crippen LogP contribution in [0.5, 0.6) is 0 Å². The summed E-state index contributed by atoms with van der Waals surface area (Å²) < 4.78 is 0. The Kier molecular flexibility index (Phi) is 4.92. The second-order valence-electron chi connectivity index (χ2n) is 7.30. The van der Waals surface area contributed by atoms with Gasteiger partial charge >= 0.3 is 0 Å². The maximum Gasteiger partial charge on any atom is 0.267 e. The molecule has 24 heavy (non-hydrogen) atoms. The van der Waals surface area contributed by atoms with E-state index in [0.29, 0.717) is 31.3 Å². The highest BCUT2D eigenvalue weighted by Gasteiger charge is 2.35. The van der Waals surface area contributed by atoms with Crippen molar-refractivity contribution in [2.45, 2.75) is 71.9 Å². The number of amides is 1. The first kappa shape index (κ1) is 17.0. The zero-order valence-corrected chi connectivity index (χ0v) is 15.1. The second-order valence-corrected chi connectivity index (χ2v) is 7.30. The molecule has 6 heteroatoms. The number of nitrogens with one attached hydrogen (secondary N) is 1. The number of carbonyl (C=O) groups excluding carboxylic acids is 1. The fourth-order valence-corrected chi connectivity index (χ4v) is 3.56. The first-order valence-electron chi connectivity index (χ1n) is 9.08. The van der Waals surface area contributed by atoms with E-state index in [1.54, 1.807) is 0 Å². The van der Waals surface area contributed by atoms with E-state index in [4.69, 9.17) is 4.84 Å². The van der Waals surface area contributed by atoms with Crippen LogP contribution in [0, 0.1) is 5.92 Å². The predicted octanol–water partition coefficient (Wildman–Crippen LogP) is 3.00. The molecular weight excluding hydrogens is 304 g/mol. The Hall–Kier alpha value is -1.85. The van der Waals surface area contributed by atoms with Gasteiger partial charge in [0, 0.05) is 43.1 Å². The predicted molar refractivity (Wildman–Crippen MR) is 92.8 cm³/mol. The zero-order valence-electron chi connectivity index (χ0n) is 15.1. The van der Waals surface area contributed by atoms with E-state index in [9.17, 15) is 4.79 Å². The molecule has 0 bridgehead atoms. The molecule has 0 saturated carbocycles. The number of carbonyl (C=O) groups is 1. The summed E-state index contributed by atoms with van der Waals surface area (Å²) in [5.74, 6) is 0.796. The Bertz CT molecular complexity index is 635. The van der Waals surface area contributed by atoms with Gasteiger partial charge in [0.1, 0.15) is 0 Å². The highest BCUT2D eigenvalue weighted by molar-refractivity contribution is 5.93. The van der Waals surface area contributed by atoms with Gasteiger partial charge in [-0.15, -0.1) is 0 Å². The summed E-state index contributed by atoms with van der Waals surface area (Å²) in [6.45, 7) is 9.90. The van der Waals surface area contributed by atoms with E-state index in [1.165, 1.54) is 11.3 Å². The fraction of sp³-hybridized carbons (Fsp3) is 0.722. The third-order valence-electron chi connectivity index (χ3n) is 5.10. The van der Waals surface area contributed by atoms with Gasteiger partial charge in [-0.25, -0.2) is 0 Å². The van der Waals surface area contributed by atoms with Gasteiger partial charge in [-0.1, -0.05) is 39.3 Å². The molecule has 0 aliphatic carbocycles. The van der Waals surface area contributed by atoms with Gasteiger partial charge in [-0.05, 0) is 12.3 Å². The molecule has 1 N–H and O–H groups in total. The molecular formula is C18H28N4O2. The van der Waals surface area contributed by atoms with Crippen molar-refractivity contribution in [2.24, 2.45) is 11.1 Å². The molecule has 2 aliphatic heterocycles. The summed E-state index contributed by atoms with van der Waals surface area (Å²) in [6.07, 6.45) is 3.24. The second kappa shape index (κ2) is 6.95. The Morgan fingerprint density at radius 2 is 2.21 bits per heavy atom. The van der Waals surface area contributed by atoms with E-state index in [2.05, 4.69) is 43.0 Å². The highest BCUT2D eigenvalue weighted by Crippen LogP contribution is 2.29. The van der Waals surface area contributed by atoms with Gasteiger partial charge < -0.3 is 9.74 Å². The standard InChI is InChI=1S/C18H28N4O2/c1-5-6-12(4)17-13-10-22(8-7-14(13)19-20-17)18(23)16-9-15(11(2)3)21-24-16/h11-12,16H,5-10H2,1-4H3,(H,19,20). The molecule has 3 heterocycles. The number of nitrogens with zero attached hydrogens (tertiary/aromatic N) is 3. The molecule has 1 aromatic heterocycles. The molecule has 2 atom stereocenters. The maximum atomic E-state index is 12.8. The summed E-state index contributed by atoms with van der Waals surface area (Å²) in [7, 11) is 0. The molecule has 0 saturated heterocycles. The lowest BCUT2D eigenvalue weighted by molar-refractivity contribution is -0.143. The highest BCUT2D eigenvalue weighted by atomic mass is 16.6. The minimum absolute atomic E-state index is 0.0512. The van der Waals surface area contributed by atoms with E-state index in [0.717, 1.165) is 30.7 Å². The van der Waals surface area contributed by atoms with Crippen LogP contribution in [-0.4, -0.2) is 39.4 Å². The monoisotopic (exact) mass is 332 g/mol. The molecule has 132 valence electrons. The summed E-state index contributed by atoms with van der Waals surface area (Å²) in [5.41, 5.74) is 4.49. The van der Waals surface area contributed by atoms with Gasteiger partial charge in [0.15, 0.2) is 0 Å². The van der Waals surface area contributed by atoms with E-state index in [1.807, 2.05) is 4.90 Å². The fourth-order valence-electron chi connectivity index (χ4n) is 3.56. The van der Waals surface area contributed by atoms with Crippen LogP contribution in [0.25, 0.3) is 0 Å². The SMILES string of the molecule is CCCC(C)c1n[nH]c2c1CN(C(=O)C1CC(C(C)C)=NO1)CC2. The Labute approximate surface area is 143 Å². The average molecular weight is 332 g/mol. The van der Waals surface area contributed by atoms with Crippen molar-refractivity contribution in [3.05, 3.63) is 17.0 Å². The number of aromatic amines is 1. The van der Waals surface area contributed by atoms with Crippen molar-refractivity contribution in [3.63, 3.8) is 0 Å². The number of oxime groups is 1. The number of hydrogen-bond donors (Lipinski definition) is 1. The Morgan fingerprint density at radius 3 is 2.88 bits per heavy atom. The van der Waals surface area contributed by atoms with Gasteiger partial charge in [0.05, 0.1) is 11.4 Å². The molecule has 0 spiro atoms. The van der Waals surface area contributed by atoms with Crippen molar-refractivity contribution in [1.29, 1.82) is 0 Å². The van der Waals surface area contributed by atoms with Crippen molar-refractivity contribution in [1.82, 2.24) is 15.1 Å². The summed E-state index contributed by atoms with van der Waals surface area (Å²) in [6, 6.07) is 0. The molecule has 0 aromatic carbocycles. The Balaban J connectivity index is 1.69. The van der Waals surface area contributed by atoms with Crippen molar-refractivity contribution in [2.75, 3.05) is 6.54 Å². The van der Waals surface area contributed by atoms with Crippen LogP contribution in [0.1, 0.15) is 69.8 Å². The first-order chi connectivity index (χ1) is 11.5. The lowest BCUT2D eigenvalue weighted by Gasteiger charge is -2.29. The third kappa shape index (κ3) is 3.19. The normalized spacial score (nSPS) is 21.5. The summed E-state index contributed by atoms with van der Waals surface area (Å²) in [4.78, 5) is 20.1. The lowest BCUT2D eigenvalue weighted by atomic mass is 9.94. The molecule has 0 radical (unpaired) electrons. The van der Waals surface area contributed by atoms with Gasteiger partial charge in [-0.3, -0.25) is 9.89 Å². The number of H-pyrrole nitrogens is 1. The van der Waals surface area contributed by atoms with E-state index < -0.39 is 6.10 Å². The maximum absolute atomic E-state index is 12.8. The minimum atomic E-state index is -0.452.